The van der Waals surface area contributed by atoms with Crippen molar-refractivity contribution in [3.8, 4) is 0 Å². The number of anilines is 1. The number of hydrogen-bond acceptors (Lipinski definition) is 2. The monoisotopic (exact) mass is 260 g/mol. The first kappa shape index (κ1) is 13.9. The van der Waals surface area contributed by atoms with E-state index in [1.54, 1.807) is 0 Å². The fraction of sp³-hybridized carbons (Fsp3) is 0.562. The number of nitrogens with zero attached hydrogens (tertiary/aromatic N) is 1. The molecule has 2 unspecified atom stereocenters. The van der Waals surface area contributed by atoms with Crippen LogP contribution in [-0.2, 0) is 4.79 Å². The molecule has 0 saturated carbocycles. The van der Waals surface area contributed by atoms with Crippen molar-refractivity contribution in [2.24, 2.45) is 5.92 Å². The molecule has 1 aromatic rings. The van der Waals surface area contributed by atoms with Gasteiger partial charge in [0.25, 0.3) is 0 Å². The third-order valence-corrected chi connectivity index (χ3v) is 4.05. The Bertz CT molecular complexity index is 444. The van der Waals surface area contributed by atoms with Crippen LogP contribution in [0.25, 0.3) is 0 Å². The summed E-state index contributed by atoms with van der Waals surface area (Å²) < 4.78 is 0. The molecule has 2 rings (SSSR count). The molecule has 0 aromatic heterocycles. The molecule has 0 radical (unpaired) electrons. The van der Waals surface area contributed by atoms with Crippen LogP contribution >= 0.6 is 0 Å². The molecule has 3 heteroatoms. The Labute approximate surface area is 116 Å². The molecule has 0 aliphatic carbocycles. The smallest absolute Gasteiger partial charge is 0.231 e. The first-order valence-electron chi connectivity index (χ1n) is 7.28. The Kier molecular flexibility index (Phi) is 4.46. The van der Waals surface area contributed by atoms with E-state index < -0.39 is 0 Å². The van der Waals surface area contributed by atoms with Crippen LogP contribution in [0.5, 0.6) is 0 Å². The predicted molar refractivity (Wildman–Crippen MR) is 79.4 cm³/mol. The molecule has 104 valence electrons. The highest BCUT2D eigenvalue weighted by atomic mass is 16.2. The summed E-state index contributed by atoms with van der Waals surface area (Å²) in [5.74, 6) is 0.814. The van der Waals surface area contributed by atoms with Crippen molar-refractivity contribution >= 4 is 11.6 Å². The van der Waals surface area contributed by atoms with E-state index in [0.29, 0.717) is 5.92 Å². The third-order valence-electron chi connectivity index (χ3n) is 4.05. The zero-order valence-corrected chi connectivity index (χ0v) is 12.1. The minimum absolute atomic E-state index is 0.0137. The van der Waals surface area contributed by atoms with E-state index in [1.807, 2.05) is 23.1 Å². The van der Waals surface area contributed by atoms with E-state index in [0.717, 1.165) is 37.3 Å². The number of fused-ring (bicyclic) bond motifs is 1. The number of rotatable bonds is 5. The molecule has 2 atom stereocenters. The number of amides is 1. The first-order chi connectivity index (χ1) is 9.17. The molecule has 3 nitrogen and oxygen atoms in total. The third kappa shape index (κ3) is 2.91. The van der Waals surface area contributed by atoms with Crippen molar-refractivity contribution in [3.05, 3.63) is 29.8 Å². The van der Waals surface area contributed by atoms with Crippen LogP contribution in [0.2, 0.25) is 0 Å². The average Bonchev–Trinajstić information content (AvgIpc) is 2.87. The zero-order valence-electron chi connectivity index (χ0n) is 12.1. The van der Waals surface area contributed by atoms with E-state index in [2.05, 4.69) is 32.2 Å². The van der Waals surface area contributed by atoms with Gasteiger partial charge in [-0.2, -0.15) is 0 Å². The molecule has 0 bridgehead atoms. The van der Waals surface area contributed by atoms with Gasteiger partial charge < -0.3 is 10.2 Å². The lowest BCUT2D eigenvalue weighted by molar-refractivity contribution is -0.132. The lowest BCUT2D eigenvalue weighted by Gasteiger charge is -2.26. The Morgan fingerprint density at radius 1 is 1.42 bits per heavy atom. The number of hydrogen-bond donors (Lipinski definition) is 1. The maximum atomic E-state index is 12.7. The lowest BCUT2D eigenvalue weighted by Crippen LogP contribution is -2.38. The minimum atomic E-state index is -0.0137. The zero-order chi connectivity index (χ0) is 13.8. The molecule has 1 aliphatic heterocycles. The molecular weight excluding hydrogens is 236 g/mol. The van der Waals surface area contributed by atoms with Gasteiger partial charge in [0, 0.05) is 25.3 Å². The minimum Gasteiger partial charge on any atom is -0.384 e. The van der Waals surface area contributed by atoms with Gasteiger partial charge in [-0.25, -0.2) is 0 Å². The molecule has 1 aromatic carbocycles. The number of para-hydroxylation sites is 1. The predicted octanol–water partition coefficient (Wildman–Crippen LogP) is 3.09. The fourth-order valence-electron chi connectivity index (χ4n) is 2.60. The van der Waals surface area contributed by atoms with Crippen molar-refractivity contribution in [1.29, 1.82) is 0 Å². The van der Waals surface area contributed by atoms with Gasteiger partial charge in [0.1, 0.15) is 0 Å². The molecule has 1 N–H and O–H groups in total. The number of carbonyl (C=O) groups excluding carboxylic acids is 1. The lowest BCUT2D eigenvalue weighted by atomic mass is 9.99. The summed E-state index contributed by atoms with van der Waals surface area (Å²) >= 11 is 0. The van der Waals surface area contributed by atoms with Crippen LogP contribution in [0.4, 0.5) is 5.69 Å². The van der Waals surface area contributed by atoms with Gasteiger partial charge in [-0.3, -0.25) is 4.79 Å². The summed E-state index contributed by atoms with van der Waals surface area (Å²) in [5.41, 5.74) is 2.26. The highest BCUT2D eigenvalue weighted by Gasteiger charge is 2.31. The quantitative estimate of drug-likeness (QED) is 0.882. The normalized spacial score (nSPS) is 18.6. The summed E-state index contributed by atoms with van der Waals surface area (Å²) in [7, 11) is 0. The van der Waals surface area contributed by atoms with Crippen molar-refractivity contribution < 1.29 is 4.79 Å². The topological polar surface area (TPSA) is 32.3 Å². The summed E-state index contributed by atoms with van der Waals surface area (Å²) in [6.07, 6.45) is 1.11. The molecule has 1 amide bonds. The first-order valence-corrected chi connectivity index (χ1v) is 7.28. The molecular formula is C16H24N2O. The summed E-state index contributed by atoms with van der Waals surface area (Å²) in [6.45, 7) is 8.84. The van der Waals surface area contributed by atoms with Gasteiger partial charge in [-0.05, 0) is 24.5 Å². The van der Waals surface area contributed by atoms with Crippen molar-refractivity contribution in [2.75, 3.05) is 25.0 Å². The second-order valence-electron chi connectivity index (χ2n) is 5.41. The van der Waals surface area contributed by atoms with Crippen LogP contribution in [0, 0.1) is 5.92 Å². The van der Waals surface area contributed by atoms with Crippen LogP contribution in [0.15, 0.2) is 24.3 Å². The van der Waals surface area contributed by atoms with Crippen LogP contribution in [0.3, 0.4) is 0 Å². The van der Waals surface area contributed by atoms with Gasteiger partial charge in [-0.15, -0.1) is 0 Å². The van der Waals surface area contributed by atoms with E-state index in [4.69, 9.17) is 0 Å². The van der Waals surface area contributed by atoms with E-state index in [1.165, 1.54) is 0 Å². The molecule has 0 spiro atoms. The van der Waals surface area contributed by atoms with Gasteiger partial charge in [-0.1, -0.05) is 38.5 Å². The summed E-state index contributed by atoms with van der Waals surface area (Å²) in [6, 6.07) is 8.13. The molecule has 1 heterocycles. The second-order valence-corrected chi connectivity index (χ2v) is 5.41. The summed E-state index contributed by atoms with van der Waals surface area (Å²) in [4.78, 5) is 14.7. The number of carbonyl (C=O) groups is 1. The Balaban J connectivity index is 2.11. The van der Waals surface area contributed by atoms with Crippen LogP contribution in [0.1, 0.15) is 38.7 Å². The molecule has 1 aliphatic rings. The van der Waals surface area contributed by atoms with Crippen molar-refractivity contribution in [2.45, 2.75) is 33.1 Å². The maximum absolute atomic E-state index is 12.7. The number of nitrogens with one attached hydrogen (secondary N) is 1. The Morgan fingerprint density at radius 2 is 2.16 bits per heavy atom. The van der Waals surface area contributed by atoms with Crippen LogP contribution in [-0.4, -0.2) is 30.4 Å². The second kappa shape index (κ2) is 6.09. The fourth-order valence-corrected chi connectivity index (χ4v) is 2.60. The largest absolute Gasteiger partial charge is 0.384 e. The SMILES string of the molecule is CCC(C)CN(CC)C(=O)C1CNc2ccccc21. The standard InChI is InChI=1S/C16H24N2O/c1-4-12(3)11-18(5-2)16(19)14-10-17-15-9-7-6-8-13(14)15/h6-9,12,14,17H,4-5,10-11H2,1-3H3. The van der Waals surface area contributed by atoms with E-state index in [9.17, 15) is 4.79 Å². The van der Waals surface area contributed by atoms with Crippen LogP contribution < -0.4 is 5.32 Å². The average molecular weight is 260 g/mol. The molecule has 19 heavy (non-hydrogen) atoms. The van der Waals surface area contributed by atoms with Gasteiger partial charge in [0.05, 0.1) is 5.92 Å². The van der Waals surface area contributed by atoms with E-state index in [-0.39, 0.29) is 11.8 Å². The Hall–Kier alpha value is -1.51. The number of likely N-dealkylation sites (N-methyl/N-ethyl adjacent to an activating group) is 1. The number of benzene rings is 1. The van der Waals surface area contributed by atoms with E-state index >= 15 is 0 Å². The van der Waals surface area contributed by atoms with Gasteiger partial charge in [0.15, 0.2) is 0 Å². The van der Waals surface area contributed by atoms with Gasteiger partial charge >= 0.3 is 0 Å². The van der Waals surface area contributed by atoms with Crippen molar-refractivity contribution in [3.63, 3.8) is 0 Å². The maximum Gasteiger partial charge on any atom is 0.231 e. The molecule has 0 saturated heterocycles. The molecule has 0 fully saturated rings. The highest BCUT2D eigenvalue weighted by molar-refractivity contribution is 5.88. The van der Waals surface area contributed by atoms with Crippen molar-refractivity contribution in [1.82, 2.24) is 4.90 Å². The Morgan fingerprint density at radius 3 is 2.84 bits per heavy atom. The highest BCUT2D eigenvalue weighted by Crippen LogP contribution is 2.32. The summed E-state index contributed by atoms with van der Waals surface area (Å²) in [5, 5.41) is 3.33. The van der Waals surface area contributed by atoms with Gasteiger partial charge in [0.2, 0.25) is 5.91 Å².